The fourth-order valence-corrected chi connectivity index (χ4v) is 3.52. The smallest absolute Gasteiger partial charge is 0.0662 e. The molecule has 1 saturated carbocycles. The van der Waals surface area contributed by atoms with Crippen molar-refractivity contribution in [3.63, 3.8) is 0 Å². The molecule has 1 aliphatic rings. The van der Waals surface area contributed by atoms with Crippen molar-refractivity contribution in [3.8, 4) is 0 Å². The molecule has 0 aliphatic heterocycles. The first-order chi connectivity index (χ1) is 8.81. The molecule has 1 aromatic rings. The van der Waals surface area contributed by atoms with Crippen LogP contribution < -0.4 is 5.73 Å². The summed E-state index contributed by atoms with van der Waals surface area (Å²) in [6.07, 6.45) is 2.29. The second-order valence-corrected chi connectivity index (χ2v) is 7.20. The lowest BCUT2D eigenvalue weighted by molar-refractivity contribution is -0.00463. The summed E-state index contributed by atoms with van der Waals surface area (Å²) in [5, 5.41) is 11.7. The molecule has 0 radical (unpaired) electrons. The zero-order chi connectivity index (χ0) is 14.3. The molecular formula is C15H21Cl2NO. The quantitative estimate of drug-likeness (QED) is 0.895. The number of hydrogen-bond acceptors (Lipinski definition) is 2. The van der Waals surface area contributed by atoms with E-state index in [4.69, 9.17) is 28.9 Å². The first kappa shape index (κ1) is 15.1. The summed E-state index contributed by atoms with van der Waals surface area (Å²) < 4.78 is 0. The summed E-state index contributed by atoms with van der Waals surface area (Å²) in [4.78, 5) is 0. The number of nitrogens with two attached hydrogens (primary N) is 1. The number of rotatable bonds is 3. The van der Waals surface area contributed by atoms with Gasteiger partial charge in [0.15, 0.2) is 0 Å². The van der Waals surface area contributed by atoms with Gasteiger partial charge in [0.1, 0.15) is 0 Å². The van der Waals surface area contributed by atoms with E-state index in [2.05, 4.69) is 13.8 Å². The second-order valence-electron chi connectivity index (χ2n) is 6.38. The van der Waals surface area contributed by atoms with Crippen LogP contribution in [0, 0.1) is 10.8 Å². The van der Waals surface area contributed by atoms with Crippen molar-refractivity contribution in [3.05, 3.63) is 33.8 Å². The maximum Gasteiger partial charge on any atom is 0.0662 e. The lowest BCUT2D eigenvalue weighted by Crippen LogP contribution is -2.44. The van der Waals surface area contributed by atoms with E-state index in [1.165, 1.54) is 0 Å². The van der Waals surface area contributed by atoms with Crippen molar-refractivity contribution in [2.75, 3.05) is 6.54 Å². The highest BCUT2D eigenvalue weighted by molar-refractivity contribution is 6.42. The summed E-state index contributed by atoms with van der Waals surface area (Å²) in [5.41, 5.74) is 6.73. The first-order valence-corrected chi connectivity index (χ1v) is 7.38. The molecular weight excluding hydrogens is 281 g/mol. The first-order valence-electron chi connectivity index (χ1n) is 6.63. The largest absolute Gasteiger partial charge is 0.392 e. The predicted octanol–water partition coefficient (Wildman–Crippen LogP) is 3.66. The molecule has 0 heterocycles. The fraction of sp³-hybridized carbons (Fsp3) is 0.600. The summed E-state index contributed by atoms with van der Waals surface area (Å²) in [7, 11) is 0. The standard InChI is InChI=1S/C15H21Cl2NO/c1-14(2)5-6-15(9-18,13(14)19)8-10-3-4-11(16)12(17)7-10/h3-4,7,13,19H,5-6,8-9,18H2,1-2H3. The molecule has 19 heavy (non-hydrogen) atoms. The Hall–Kier alpha value is -0.280. The average Bonchev–Trinajstić information content (AvgIpc) is 2.59. The second kappa shape index (κ2) is 5.25. The Morgan fingerprint density at radius 1 is 1.26 bits per heavy atom. The van der Waals surface area contributed by atoms with Crippen LogP contribution in [0.4, 0.5) is 0 Å². The van der Waals surface area contributed by atoms with Crippen LogP contribution in [0.1, 0.15) is 32.3 Å². The lowest BCUT2D eigenvalue weighted by atomic mass is 9.74. The Balaban J connectivity index is 2.27. The van der Waals surface area contributed by atoms with Gasteiger partial charge in [-0.25, -0.2) is 0 Å². The minimum Gasteiger partial charge on any atom is -0.392 e. The highest BCUT2D eigenvalue weighted by Gasteiger charge is 2.50. The number of hydrogen-bond donors (Lipinski definition) is 2. The predicted molar refractivity (Wildman–Crippen MR) is 80.7 cm³/mol. The molecule has 2 rings (SSSR count). The summed E-state index contributed by atoms with van der Waals surface area (Å²) in [5.74, 6) is 0. The third-order valence-corrected chi connectivity index (χ3v) is 5.27. The molecule has 3 N–H and O–H groups in total. The van der Waals surface area contributed by atoms with Gasteiger partial charge >= 0.3 is 0 Å². The molecule has 1 fully saturated rings. The topological polar surface area (TPSA) is 46.2 Å². The minimum absolute atomic E-state index is 0.0738. The van der Waals surface area contributed by atoms with Crippen molar-refractivity contribution >= 4 is 23.2 Å². The van der Waals surface area contributed by atoms with Crippen LogP contribution >= 0.6 is 23.2 Å². The van der Waals surface area contributed by atoms with Gasteiger partial charge in [0.05, 0.1) is 16.1 Å². The molecule has 4 heteroatoms. The van der Waals surface area contributed by atoms with Gasteiger partial charge in [0, 0.05) is 12.0 Å². The molecule has 2 atom stereocenters. The van der Waals surface area contributed by atoms with Gasteiger partial charge in [-0.2, -0.15) is 0 Å². The van der Waals surface area contributed by atoms with E-state index in [1.54, 1.807) is 6.07 Å². The molecule has 1 aromatic carbocycles. The third-order valence-electron chi connectivity index (χ3n) is 4.53. The van der Waals surface area contributed by atoms with Crippen LogP contribution in [0.2, 0.25) is 10.0 Å². The van der Waals surface area contributed by atoms with Crippen molar-refractivity contribution in [1.29, 1.82) is 0 Å². The van der Waals surface area contributed by atoms with Gasteiger partial charge in [-0.15, -0.1) is 0 Å². The maximum absolute atomic E-state index is 10.6. The summed E-state index contributed by atoms with van der Waals surface area (Å²) in [6.45, 7) is 4.69. The van der Waals surface area contributed by atoms with E-state index in [0.717, 1.165) is 24.8 Å². The Kier molecular flexibility index (Phi) is 4.18. The van der Waals surface area contributed by atoms with E-state index in [9.17, 15) is 5.11 Å². The van der Waals surface area contributed by atoms with E-state index in [1.807, 2.05) is 12.1 Å². The molecule has 106 valence electrons. The summed E-state index contributed by atoms with van der Waals surface area (Å²) >= 11 is 12.0. The van der Waals surface area contributed by atoms with Crippen LogP contribution in [0.3, 0.4) is 0 Å². The Morgan fingerprint density at radius 3 is 2.42 bits per heavy atom. The van der Waals surface area contributed by atoms with E-state index < -0.39 is 0 Å². The van der Waals surface area contributed by atoms with E-state index >= 15 is 0 Å². The number of benzene rings is 1. The van der Waals surface area contributed by atoms with Gasteiger partial charge in [-0.1, -0.05) is 43.1 Å². The summed E-state index contributed by atoms with van der Waals surface area (Å²) in [6, 6.07) is 5.64. The number of halogens is 2. The van der Waals surface area contributed by atoms with Crippen LogP contribution in [-0.4, -0.2) is 17.8 Å². The van der Waals surface area contributed by atoms with Gasteiger partial charge in [-0.3, -0.25) is 0 Å². The van der Waals surface area contributed by atoms with Crippen LogP contribution in [0.15, 0.2) is 18.2 Å². The highest BCUT2D eigenvalue weighted by atomic mass is 35.5. The van der Waals surface area contributed by atoms with Crippen molar-refractivity contribution in [2.45, 2.75) is 39.2 Å². The van der Waals surface area contributed by atoms with Crippen LogP contribution in [-0.2, 0) is 6.42 Å². The number of aliphatic hydroxyl groups excluding tert-OH is 1. The van der Waals surface area contributed by atoms with Gasteiger partial charge in [0.2, 0.25) is 0 Å². The van der Waals surface area contributed by atoms with Gasteiger partial charge in [0.25, 0.3) is 0 Å². The monoisotopic (exact) mass is 301 g/mol. The third kappa shape index (κ3) is 2.78. The lowest BCUT2D eigenvalue weighted by Gasteiger charge is -2.36. The average molecular weight is 302 g/mol. The zero-order valence-electron chi connectivity index (χ0n) is 11.4. The van der Waals surface area contributed by atoms with Crippen molar-refractivity contribution in [1.82, 2.24) is 0 Å². The van der Waals surface area contributed by atoms with E-state index in [0.29, 0.717) is 16.6 Å². The molecule has 0 aromatic heterocycles. The maximum atomic E-state index is 10.6. The van der Waals surface area contributed by atoms with Crippen molar-refractivity contribution in [2.24, 2.45) is 16.6 Å². The zero-order valence-corrected chi connectivity index (χ0v) is 12.9. The fourth-order valence-electron chi connectivity index (χ4n) is 3.20. The van der Waals surface area contributed by atoms with E-state index in [-0.39, 0.29) is 16.9 Å². The van der Waals surface area contributed by atoms with Gasteiger partial charge < -0.3 is 10.8 Å². The Bertz CT molecular complexity index is 475. The molecule has 0 bridgehead atoms. The van der Waals surface area contributed by atoms with Crippen LogP contribution in [0.5, 0.6) is 0 Å². The Labute approximate surface area is 124 Å². The highest BCUT2D eigenvalue weighted by Crippen LogP contribution is 2.50. The molecule has 2 unspecified atom stereocenters. The molecule has 2 nitrogen and oxygen atoms in total. The van der Waals surface area contributed by atoms with Crippen LogP contribution in [0.25, 0.3) is 0 Å². The molecule has 1 aliphatic carbocycles. The Morgan fingerprint density at radius 2 is 1.95 bits per heavy atom. The number of aliphatic hydroxyl groups is 1. The SMILES string of the molecule is CC1(C)CCC(CN)(Cc2ccc(Cl)c(Cl)c2)C1O. The normalized spacial score (nSPS) is 29.7. The molecule has 0 amide bonds. The molecule has 0 spiro atoms. The van der Waals surface area contributed by atoms with Crippen molar-refractivity contribution < 1.29 is 5.11 Å². The van der Waals surface area contributed by atoms with Gasteiger partial charge in [-0.05, 0) is 42.4 Å². The molecule has 0 saturated heterocycles. The minimum atomic E-state index is -0.389.